The van der Waals surface area contributed by atoms with E-state index in [1.165, 1.54) is 22.5 Å². The number of carbonyl (C=O) groups is 2. The lowest BCUT2D eigenvalue weighted by atomic mass is 9.97. The Morgan fingerprint density at radius 1 is 1.19 bits per heavy atom. The third-order valence-electron chi connectivity index (χ3n) is 5.50. The number of rotatable bonds is 4. The Kier molecular flexibility index (Phi) is 5.92. The van der Waals surface area contributed by atoms with E-state index in [1.54, 1.807) is 12.1 Å². The van der Waals surface area contributed by atoms with Gasteiger partial charge in [-0.1, -0.05) is 17.7 Å². The molecule has 0 spiro atoms. The van der Waals surface area contributed by atoms with Gasteiger partial charge in [0.2, 0.25) is 15.9 Å². The summed E-state index contributed by atoms with van der Waals surface area (Å²) < 4.78 is 32.8. The van der Waals surface area contributed by atoms with E-state index in [9.17, 15) is 18.0 Å². The average molecular weight is 464 g/mol. The molecule has 31 heavy (non-hydrogen) atoms. The van der Waals surface area contributed by atoms with Crippen LogP contribution in [0.15, 0.2) is 41.3 Å². The molecule has 4 rings (SSSR count). The topological polar surface area (TPSA) is 105 Å². The van der Waals surface area contributed by atoms with Crippen LogP contribution in [0.1, 0.15) is 18.4 Å². The molecule has 0 aromatic heterocycles. The highest BCUT2D eigenvalue weighted by molar-refractivity contribution is 7.89. The molecule has 2 N–H and O–H groups in total. The summed E-state index contributed by atoms with van der Waals surface area (Å²) >= 11 is 6.01. The number of fused-ring (bicyclic) bond motifs is 1. The lowest BCUT2D eigenvalue weighted by molar-refractivity contribution is -0.121. The van der Waals surface area contributed by atoms with Gasteiger partial charge in [-0.05, 0) is 55.7 Å². The number of sulfonamides is 1. The second-order valence-electron chi connectivity index (χ2n) is 7.62. The van der Waals surface area contributed by atoms with Crippen molar-refractivity contribution in [1.29, 1.82) is 0 Å². The van der Waals surface area contributed by atoms with Crippen molar-refractivity contribution in [1.82, 2.24) is 4.31 Å². The molecule has 1 fully saturated rings. The van der Waals surface area contributed by atoms with Gasteiger partial charge >= 0.3 is 0 Å². The van der Waals surface area contributed by atoms with Crippen molar-refractivity contribution in [3.63, 3.8) is 0 Å². The third kappa shape index (κ3) is 4.53. The number of benzene rings is 2. The lowest BCUT2D eigenvalue weighted by Gasteiger charge is -2.31. The minimum Gasteiger partial charge on any atom is -0.482 e. The molecule has 2 aromatic carbocycles. The zero-order chi connectivity index (χ0) is 22.2. The number of nitrogens with one attached hydrogen (secondary N) is 2. The summed E-state index contributed by atoms with van der Waals surface area (Å²) in [7, 11) is -3.76. The molecule has 10 heteroatoms. The fraction of sp³-hybridized carbons (Fsp3) is 0.333. The van der Waals surface area contributed by atoms with Crippen molar-refractivity contribution in [3.05, 3.63) is 47.0 Å². The van der Waals surface area contributed by atoms with Crippen LogP contribution in [0, 0.1) is 12.8 Å². The number of anilines is 2. The Hall–Kier alpha value is -2.62. The Labute approximate surface area is 185 Å². The molecule has 0 saturated carbocycles. The molecule has 0 aliphatic carbocycles. The van der Waals surface area contributed by atoms with Crippen LogP contribution >= 0.6 is 11.6 Å². The Bertz CT molecular complexity index is 1140. The van der Waals surface area contributed by atoms with Crippen LogP contribution in [-0.4, -0.2) is 44.2 Å². The predicted molar refractivity (Wildman–Crippen MR) is 117 cm³/mol. The lowest BCUT2D eigenvalue weighted by Crippen LogP contribution is -2.41. The molecule has 1 saturated heterocycles. The summed E-state index contributed by atoms with van der Waals surface area (Å²) in [5.41, 5.74) is 1.90. The number of carbonyl (C=O) groups excluding carboxylic acids is 2. The van der Waals surface area contributed by atoms with Crippen LogP contribution in [0.25, 0.3) is 0 Å². The van der Waals surface area contributed by atoms with Gasteiger partial charge < -0.3 is 15.4 Å². The smallest absolute Gasteiger partial charge is 0.262 e. The first-order valence-corrected chi connectivity index (χ1v) is 11.7. The van der Waals surface area contributed by atoms with Crippen LogP contribution < -0.4 is 15.4 Å². The number of hydrogen-bond acceptors (Lipinski definition) is 5. The number of piperidine rings is 1. The quantitative estimate of drug-likeness (QED) is 0.725. The second-order valence-corrected chi connectivity index (χ2v) is 10.00. The highest BCUT2D eigenvalue weighted by Crippen LogP contribution is 2.32. The zero-order valence-corrected chi connectivity index (χ0v) is 18.4. The minimum atomic E-state index is -3.76. The molecular formula is C21H22ClN3O5S. The first-order valence-electron chi connectivity index (χ1n) is 9.88. The van der Waals surface area contributed by atoms with E-state index in [1.807, 2.05) is 13.0 Å². The average Bonchev–Trinajstić information content (AvgIpc) is 2.75. The molecular weight excluding hydrogens is 442 g/mol. The second kappa shape index (κ2) is 8.49. The molecule has 2 aliphatic heterocycles. The Morgan fingerprint density at radius 3 is 2.68 bits per heavy atom. The van der Waals surface area contributed by atoms with Crippen molar-refractivity contribution < 1.29 is 22.7 Å². The number of nitrogens with zero attached hydrogens (tertiary/aromatic N) is 1. The van der Waals surface area contributed by atoms with Gasteiger partial charge in [-0.2, -0.15) is 4.31 Å². The van der Waals surface area contributed by atoms with Crippen molar-refractivity contribution in [2.75, 3.05) is 30.3 Å². The maximum absolute atomic E-state index is 13.1. The number of aryl methyl sites for hydroxylation is 1. The Balaban J connectivity index is 1.42. The minimum absolute atomic E-state index is 0.0782. The highest BCUT2D eigenvalue weighted by atomic mass is 35.5. The summed E-state index contributed by atoms with van der Waals surface area (Å²) in [4.78, 5) is 24.3. The van der Waals surface area contributed by atoms with Gasteiger partial charge in [-0.15, -0.1) is 0 Å². The fourth-order valence-electron chi connectivity index (χ4n) is 3.69. The van der Waals surface area contributed by atoms with Crippen LogP contribution in [0.3, 0.4) is 0 Å². The first-order chi connectivity index (χ1) is 14.7. The molecule has 0 radical (unpaired) electrons. The van der Waals surface area contributed by atoms with Crippen LogP contribution in [-0.2, 0) is 19.6 Å². The maximum atomic E-state index is 13.1. The normalized spacial score (nSPS) is 17.4. The van der Waals surface area contributed by atoms with Gasteiger partial charge in [0.05, 0.1) is 10.6 Å². The van der Waals surface area contributed by atoms with E-state index in [2.05, 4.69) is 10.6 Å². The molecule has 2 aromatic rings. The van der Waals surface area contributed by atoms with E-state index >= 15 is 0 Å². The van der Waals surface area contributed by atoms with Gasteiger partial charge in [0.1, 0.15) is 5.75 Å². The van der Waals surface area contributed by atoms with Crippen molar-refractivity contribution in [2.24, 2.45) is 5.92 Å². The molecule has 2 heterocycles. The van der Waals surface area contributed by atoms with Crippen LogP contribution in [0.5, 0.6) is 5.75 Å². The number of hydrogen-bond donors (Lipinski definition) is 2. The summed E-state index contributed by atoms with van der Waals surface area (Å²) in [6.07, 6.45) is 0.824. The largest absolute Gasteiger partial charge is 0.482 e. The SMILES string of the molecule is Cc1ccc(Cl)cc1NC(=O)C1CCN(S(=O)(=O)c2ccc3c(c2)NC(=O)CO3)CC1. The molecule has 0 atom stereocenters. The zero-order valence-electron chi connectivity index (χ0n) is 16.9. The summed E-state index contributed by atoms with van der Waals surface area (Å²) in [6.45, 7) is 2.25. The predicted octanol–water partition coefficient (Wildman–Crippen LogP) is 3.02. The highest BCUT2D eigenvalue weighted by Gasteiger charge is 2.33. The molecule has 2 aliphatic rings. The fourth-order valence-corrected chi connectivity index (χ4v) is 5.36. The van der Waals surface area contributed by atoms with E-state index < -0.39 is 10.0 Å². The monoisotopic (exact) mass is 463 g/mol. The van der Waals surface area contributed by atoms with Gasteiger partial charge in [0.25, 0.3) is 5.91 Å². The van der Waals surface area contributed by atoms with E-state index in [4.69, 9.17) is 16.3 Å². The van der Waals surface area contributed by atoms with Gasteiger partial charge in [-0.25, -0.2) is 8.42 Å². The van der Waals surface area contributed by atoms with E-state index in [0.29, 0.717) is 35.0 Å². The van der Waals surface area contributed by atoms with Crippen LogP contribution in [0.4, 0.5) is 11.4 Å². The number of amides is 2. The van der Waals surface area contributed by atoms with Crippen LogP contribution in [0.2, 0.25) is 5.02 Å². The third-order valence-corrected chi connectivity index (χ3v) is 7.63. The summed E-state index contributed by atoms with van der Waals surface area (Å²) in [5.74, 6) is -0.328. The van der Waals surface area contributed by atoms with Gasteiger partial charge in [0.15, 0.2) is 6.61 Å². The van der Waals surface area contributed by atoms with Gasteiger partial charge in [0, 0.05) is 29.7 Å². The molecule has 0 bridgehead atoms. The van der Waals surface area contributed by atoms with E-state index in [0.717, 1.165) is 5.56 Å². The molecule has 0 unspecified atom stereocenters. The van der Waals surface area contributed by atoms with Gasteiger partial charge in [-0.3, -0.25) is 9.59 Å². The molecule has 164 valence electrons. The standard InChI is InChI=1S/C21H22ClN3O5S/c1-13-2-3-15(22)10-17(13)24-21(27)14-6-8-25(9-7-14)31(28,29)16-4-5-19-18(11-16)23-20(26)12-30-19/h2-5,10-11,14H,6-9,12H2,1H3,(H,23,26)(H,24,27). The number of halogens is 1. The van der Waals surface area contributed by atoms with Crippen molar-refractivity contribution in [2.45, 2.75) is 24.7 Å². The summed E-state index contributed by atoms with van der Waals surface area (Å²) in [5, 5.41) is 6.05. The van der Waals surface area contributed by atoms with E-state index in [-0.39, 0.29) is 42.3 Å². The van der Waals surface area contributed by atoms with Crippen molar-refractivity contribution in [3.8, 4) is 5.75 Å². The maximum Gasteiger partial charge on any atom is 0.262 e. The first kappa shape index (κ1) is 21.6. The van der Waals surface area contributed by atoms with Crippen molar-refractivity contribution >= 4 is 44.8 Å². The molecule has 2 amide bonds. The number of ether oxygens (including phenoxy) is 1. The molecule has 8 nitrogen and oxygen atoms in total. The Morgan fingerprint density at radius 2 is 1.94 bits per heavy atom. The summed E-state index contributed by atoms with van der Waals surface area (Å²) in [6, 6.07) is 9.70.